The van der Waals surface area contributed by atoms with Crippen LogP contribution in [0.4, 0.5) is 0 Å². The topological polar surface area (TPSA) is 38.8 Å². The fourth-order valence-corrected chi connectivity index (χ4v) is 3.01. The van der Waals surface area contributed by atoms with Gasteiger partial charge in [0.2, 0.25) is 5.91 Å². The summed E-state index contributed by atoms with van der Waals surface area (Å²) in [4.78, 5) is 14.2. The van der Waals surface area contributed by atoms with Gasteiger partial charge in [0, 0.05) is 13.1 Å². The minimum absolute atomic E-state index is 0.0768. The van der Waals surface area contributed by atoms with E-state index in [9.17, 15) is 4.79 Å². The summed E-state index contributed by atoms with van der Waals surface area (Å²) in [6.07, 6.45) is 0.476. The Bertz CT molecular complexity index is 539. The third-order valence-corrected chi connectivity index (χ3v) is 3.83. The highest BCUT2D eigenvalue weighted by Crippen LogP contribution is 2.22. The number of hydrogen-bond acceptors (Lipinski definition) is 3. The Kier molecular flexibility index (Phi) is 5.12. The standard InChI is InChI=1S/C18H27NO3/c1-13-6-7-16(14(2)10-13)21-9-8-17(20)19-11-15(3)22-18(4,5)12-19/h6-7,10,15H,8-9,11-12H2,1-5H3. The number of morpholine rings is 1. The molecule has 2 rings (SSSR count). The number of carbonyl (C=O) groups excluding carboxylic acids is 1. The molecule has 1 heterocycles. The number of ether oxygens (including phenoxy) is 2. The van der Waals surface area contributed by atoms with Crippen LogP contribution in [0.15, 0.2) is 18.2 Å². The molecule has 1 atom stereocenters. The molecule has 0 spiro atoms. The SMILES string of the molecule is Cc1ccc(OCCC(=O)N2CC(C)OC(C)(C)C2)c(C)c1. The van der Waals surface area contributed by atoms with Crippen LogP contribution < -0.4 is 4.74 Å². The van der Waals surface area contributed by atoms with Crippen LogP contribution in [0, 0.1) is 13.8 Å². The monoisotopic (exact) mass is 305 g/mol. The zero-order valence-corrected chi connectivity index (χ0v) is 14.3. The van der Waals surface area contributed by atoms with Crippen LogP contribution in [-0.4, -0.2) is 42.2 Å². The summed E-state index contributed by atoms with van der Waals surface area (Å²) in [6.45, 7) is 11.8. The van der Waals surface area contributed by atoms with Gasteiger partial charge >= 0.3 is 0 Å². The molecule has 4 heteroatoms. The summed E-state index contributed by atoms with van der Waals surface area (Å²) < 4.78 is 11.6. The fraction of sp³-hybridized carbons (Fsp3) is 0.611. The predicted molar refractivity (Wildman–Crippen MR) is 87.2 cm³/mol. The molecule has 1 unspecified atom stereocenters. The maximum atomic E-state index is 12.4. The number of carbonyl (C=O) groups is 1. The van der Waals surface area contributed by atoms with Gasteiger partial charge < -0.3 is 14.4 Å². The Hall–Kier alpha value is -1.55. The molecule has 1 saturated heterocycles. The van der Waals surface area contributed by atoms with Crippen LogP contribution in [0.1, 0.15) is 38.3 Å². The molecule has 1 aliphatic rings. The highest BCUT2D eigenvalue weighted by atomic mass is 16.5. The number of amides is 1. The first-order valence-corrected chi connectivity index (χ1v) is 7.92. The molecule has 0 bridgehead atoms. The van der Waals surface area contributed by atoms with E-state index in [2.05, 4.69) is 13.0 Å². The van der Waals surface area contributed by atoms with Gasteiger partial charge in [-0.3, -0.25) is 4.79 Å². The highest BCUT2D eigenvalue weighted by molar-refractivity contribution is 5.76. The lowest BCUT2D eigenvalue weighted by atomic mass is 10.1. The van der Waals surface area contributed by atoms with Gasteiger partial charge in [0.25, 0.3) is 0 Å². The van der Waals surface area contributed by atoms with Crippen molar-refractivity contribution < 1.29 is 14.3 Å². The lowest BCUT2D eigenvalue weighted by Crippen LogP contribution is -2.53. The Labute approximate surface area is 133 Å². The number of benzene rings is 1. The Morgan fingerprint density at radius 3 is 2.77 bits per heavy atom. The lowest BCUT2D eigenvalue weighted by Gasteiger charge is -2.41. The van der Waals surface area contributed by atoms with Crippen LogP contribution in [-0.2, 0) is 9.53 Å². The highest BCUT2D eigenvalue weighted by Gasteiger charge is 2.33. The van der Waals surface area contributed by atoms with E-state index in [1.165, 1.54) is 5.56 Å². The van der Waals surface area contributed by atoms with Crippen molar-refractivity contribution in [1.29, 1.82) is 0 Å². The van der Waals surface area contributed by atoms with E-state index < -0.39 is 0 Å². The van der Waals surface area contributed by atoms with Gasteiger partial charge in [-0.05, 0) is 46.2 Å². The van der Waals surface area contributed by atoms with Crippen LogP contribution in [0.2, 0.25) is 0 Å². The van der Waals surface area contributed by atoms with Gasteiger partial charge in [0.1, 0.15) is 5.75 Å². The summed E-state index contributed by atoms with van der Waals surface area (Å²) in [5, 5.41) is 0. The first kappa shape index (κ1) is 16.8. The van der Waals surface area contributed by atoms with Gasteiger partial charge in [-0.2, -0.15) is 0 Å². The summed E-state index contributed by atoms with van der Waals surface area (Å²) in [6, 6.07) is 6.08. The molecular formula is C18H27NO3. The van der Waals surface area contributed by atoms with E-state index in [4.69, 9.17) is 9.47 Å². The second-order valence-electron chi connectivity index (χ2n) is 6.83. The predicted octanol–water partition coefficient (Wildman–Crippen LogP) is 3.10. The van der Waals surface area contributed by atoms with Crippen molar-refractivity contribution in [2.24, 2.45) is 0 Å². The van der Waals surface area contributed by atoms with Crippen molar-refractivity contribution in [3.8, 4) is 5.75 Å². The first-order valence-electron chi connectivity index (χ1n) is 7.92. The maximum absolute atomic E-state index is 12.4. The molecule has 0 aliphatic carbocycles. The second kappa shape index (κ2) is 6.69. The minimum atomic E-state index is -0.276. The van der Waals surface area contributed by atoms with Crippen molar-refractivity contribution in [1.82, 2.24) is 4.90 Å². The maximum Gasteiger partial charge on any atom is 0.226 e. The first-order chi connectivity index (χ1) is 10.3. The molecule has 0 radical (unpaired) electrons. The zero-order chi connectivity index (χ0) is 16.3. The summed E-state index contributed by atoms with van der Waals surface area (Å²) in [5.74, 6) is 0.988. The second-order valence-corrected chi connectivity index (χ2v) is 6.83. The fourth-order valence-electron chi connectivity index (χ4n) is 3.01. The molecule has 0 aromatic heterocycles. The van der Waals surface area contributed by atoms with E-state index >= 15 is 0 Å². The van der Waals surface area contributed by atoms with Gasteiger partial charge in [-0.25, -0.2) is 0 Å². The van der Waals surface area contributed by atoms with E-state index in [0.717, 1.165) is 11.3 Å². The van der Waals surface area contributed by atoms with E-state index in [-0.39, 0.29) is 17.6 Å². The third-order valence-electron chi connectivity index (χ3n) is 3.83. The number of rotatable bonds is 4. The summed E-state index contributed by atoms with van der Waals surface area (Å²) in [5.41, 5.74) is 2.04. The number of hydrogen-bond donors (Lipinski definition) is 0. The number of aryl methyl sites for hydroxylation is 2. The average Bonchev–Trinajstić information content (AvgIpc) is 2.38. The lowest BCUT2D eigenvalue weighted by molar-refractivity contribution is -0.158. The molecule has 0 N–H and O–H groups in total. The molecule has 1 aromatic carbocycles. The van der Waals surface area contributed by atoms with E-state index in [0.29, 0.717) is 26.1 Å². The van der Waals surface area contributed by atoms with Crippen LogP contribution in [0.5, 0.6) is 5.75 Å². The Morgan fingerprint density at radius 1 is 1.41 bits per heavy atom. The van der Waals surface area contributed by atoms with Crippen LogP contribution in [0.3, 0.4) is 0 Å². The molecule has 122 valence electrons. The van der Waals surface area contributed by atoms with Crippen molar-refractivity contribution in [2.75, 3.05) is 19.7 Å². The van der Waals surface area contributed by atoms with Gasteiger partial charge in [0.15, 0.2) is 0 Å². The average molecular weight is 305 g/mol. The Balaban J connectivity index is 1.85. The third kappa shape index (κ3) is 4.47. The van der Waals surface area contributed by atoms with Crippen molar-refractivity contribution in [3.63, 3.8) is 0 Å². The molecule has 1 amide bonds. The molecule has 4 nitrogen and oxygen atoms in total. The molecule has 22 heavy (non-hydrogen) atoms. The largest absolute Gasteiger partial charge is 0.493 e. The zero-order valence-electron chi connectivity index (χ0n) is 14.3. The summed E-state index contributed by atoms with van der Waals surface area (Å²) in [7, 11) is 0. The van der Waals surface area contributed by atoms with E-state index in [1.807, 2.05) is 44.7 Å². The van der Waals surface area contributed by atoms with Crippen LogP contribution >= 0.6 is 0 Å². The van der Waals surface area contributed by atoms with Crippen molar-refractivity contribution in [3.05, 3.63) is 29.3 Å². The van der Waals surface area contributed by atoms with Crippen molar-refractivity contribution >= 4 is 5.91 Å². The molecule has 0 saturated carbocycles. The van der Waals surface area contributed by atoms with Gasteiger partial charge in [-0.1, -0.05) is 17.7 Å². The minimum Gasteiger partial charge on any atom is -0.493 e. The van der Waals surface area contributed by atoms with Crippen molar-refractivity contribution in [2.45, 2.75) is 52.7 Å². The molecule has 1 aromatic rings. The van der Waals surface area contributed by atoms with Gasteiger partial charge in [-0.15, -0.1) is 0 Å². The van der Waals surface area contributed by atoms with Gasteiger partial charge in [0.05, 0.1) is 24.7 Å². The normalized spacial score (nSPS) is 20.8. The quantitative estimate of drug-likeness (QED) is 0.858. The van der Waals surface area contributed by atoms with Crippen LogP contribution in [0.25, 0.3) is 0 Å². The smallest absolute Gasteiger partial charge is 0.226 e. The number of nitrogens with zero attached hydrogens (tertiary/aromatic N) is 1. The Morgan fingerprint density at radius 2 is 2.14 bits per heavy atom. The van der Waals surface area contributed by atoms with E-state index in [1.54, 1.807) is 0 Å². The molecule has 1 fully saturated rings. The molecular weight excluding hydrogens is 278 g/mol. The summed E-state index contributed by atoms with van der Waals surface area (Å²) >= 11 is 0. The molecule has 1 aliphatic heterocycles.